The summed E-state index contributed by atoms with van der Waals surface area (Å²) in [6.45, 7) is 17.9. The number of hydrazone groups is 1. The number of hydrogen-bond acceptors (Lipinski definition) is 15. The number of hydrogen-bond donors (Lipinski definition) is 6. The third kappa shape index (κ3) is 9.33. The molecular weight excluding hydrogens is 825 g/mol. The number of aliphatic hydroxyl groups excluding tert-OH is 2. The number of piperazine rings is 1. The monoisotopic (exact) mass is 890 g/mol. The Morgan fingerprint density at radius 3 is 2.36 bits per heavy atom. The fourth-order valence-electron chi connectivity index (χ4n) is 9.69. The van der Waals surface area contributed by atoms with Gasteiger partial charge in [-0.3, -0.25) is 24.3 Å². The number of ketones is 1. The number of aromatic hydroxyl groups is 3. The van der Waals surface area contributed by atoms with E-state index in [4.69, 9.17) is 24.0 Å². The molecule has 0 radical (unpaired) electrons. The Bertz CT molecular complexity index is 2240. The van der Waals surface area contributed by atoms with Gasteiger partial charge in [-0.05, 0) is 38.7 Å². The van der Waals surface area contributed by atoms with Gasteiger partial charge in [0.2, 0.25) is 0 Å². The van der Waals surface area contributed by atoms with E-state index in [-0.39, 0.29) is 50.5 Å². The number of phenols is 3. The number of esters is 1. The highest BCUT2D eigenvalue weighted by atomic mass is 16.7. The molecule has 5 bridgehead atoms. The Balaban J connectivity index is 1.48. The van der Waals surface area contributed by atoms with Crippen molar-refractivity contribution >= 4 is 40.3 Å². The first-order valence-electron chi connectivity index (χ1n) is 22.3. The molecule has 1 amide bonds. The van der Waals surface area contributed by atoms with Crippen LogP contribution < -0.4 is 10.1 Å². The van der Waals surface area contributed by atoms with E-state index < -0.39 is 88.8 Å². The maximum Gasteiger partial charge on any atom is 0.312 e. The number of carbonyl (C=O) groups is 3. The van der Waals surface area contributed by atoms with Crippen molar-refractivity contribution < 1.29 is 58.9 Å². The topological polar surface area (TPSA) is 220 Å². The molecule has 16 heteroatoms. The van der Waals surface area contributed by atoms with Crippen LogP contribution in [0.1, 0.15) is 96.1 Å². The Morgan fingerprint density at radius 1 is 0.969 bits per heavy atom. The standard InChI is InChI=1S/C48H66N4O12/c1-11-31-15-16-32-23-52(19-18-51(32)22-31)49-21-33-38-43(58)36-35(42(33)57)37-45(29(7)41(36)56)64-48(9,46(37)59)62-20-17-34(61-10)26(4)44(63-30(8)53)28(6)40(55)27(5)39(54)24(2)13-12-14-25(3)47(60)50-38/h12-14,17,20-21,24,26-28,31-32,34,39-40,44,54-58H,11,15-16,18-19,22-23H2,1-10H3,(H,50,60)/b13-12+,20-17+,25-14-,49-21?/t24-,26+,27+,28+,31?,32?,34-,39-,40+,44+,48-/m0/s1. The van der Waals surface area contributed by atoms with Gasteiger partial charge in [0, 0.05) is 86.8 Å². The predicted octanol–water partition coefficient (Wildman–Crippen LogP) is 5.89. The van der Waals surface area contributed by atoms with Crippen LogP contribution in [-0.2, 0) is 23.8 Å². The van der Waals surface area contributed by atoms with Gasteiger partial charge in [0.05, 0.1) is 59.5 Å². The van der Waals surface area contributed by atoms with E-state index in [1.54, 1.807) is 46.8 Å². The number of allylic oxidation sites excluding steroid dienone is 2. The molecule has 2 unspecified atom stereocenters. The molecular formula is C48H66N4O12. The van der Waals surface area contributed by atoms with Gasteiger partial charge >= 0.3 is 11.8 Å². The minimum atomic E-state index is -2.05. The van der Waals surface area contributed by atoms with Crippen LogP contribution >= 0.6 is 0 Å². The number of rotatable bonds is 5. The number of fused-ring (bicyclic) bond motifs is 15. The average Bonchev–Trinajstić information content (AvgIpc) is 3.54. The summed E-state index contributed by atoms with van der Waals surface area (Å²) in [6.07, 6.45) is 8.25. The highest BCUT2D eigenvalue weighted by molar-refractivity contribution is 6.23. The fraction of sp³-hybridized carbons (Fsp3) is 0.583. The summed E-state index contributed by atoms with van der Waals surface area (Å²) in [6, 6.07) is 0.290. The molecule has 6 N–H and O–H groups in total. The van der Waals surface area contributed by atoms with E-state index in [2.05, 4.69) is 17.1 Å². The number of nitrogens with zero attached hydrogens (tertiary/aromatic N) is 3. The van der Waals surface area contributed by atoms with Crippen molar-refractivity contribution in [2.75, 3.05) is 38.6 Å². The SMILES string of the molecule is CCC1CCC2CN(N=Cc3c4c(O)c5c(O)c(C)c6c(c5c3O)C(=O)[C@@](C)(O/C=C/[C@H](OC)[C@@H](C)[C@@H](OC(C)=O)[C@H](C)[C@H](O)[C@H](C)[C@@H](O)[C@@H](C)/C=C/C=C(/C)C(=O)N4)O6)CCN2C1. The number of phenolic OH excluding ortho intramolecular Hbond substituents is 3. The number of piperidine rings is 1. The van der Waals surface area contributed by atoms with Crippen LogP contribution in [0.15, 0.2) is 41.2 Å². The molecule has 2 aromatic rings. The maximum absolute atomic E-state index is 14.6. The number of anilines is 1. The minimum absolute atomic E-state index is 0.0636. The average molecular weight is 891 g/mol. The number of methoxy groups -OCH3 is 1. The van der Waals surface area contributed by atoms with E-state index in [9.17, 15) is 39.9 Å². The summed E-state index contributed by atoms with van der Waals surface area (Å²) in [4.78, 5) is 43.4. The molecule has 16 nitrogen and oxygen atoms in total. The van der Waals surface area contributed by atoms with Crippen molar-refractivity contribution in [3.05, 3.63) is 52.8 Å². The molecule has 2 aromatic carbocycles. The minimum Gasteiger partial charge on any atom is -0.507 e. The number of amides is 1. The highest BCUT2D eigenvalue weighted by Gasteiger charge is 2.50. The van der Waals surface area contributed by atoms with E-state index in [0.717, 1.165) is 32.4 Å². The Hall–Kier alpha value is -5.16. The van der Waals surface area contributed by atoms with Crippen LogP contribution in [0.4, 0.5) is 5.69 Å². The normalized spacial score (nSPS) is 33.9. The molecule has 0 spiro atoms. The van der Waals surface area contributed by atoms with Crippen molar-refractivity contribution in [1.82, 2.24) is 9.91 Å². The summed E-state index contributed by atoms with van der Waals surface area (Å²) in [7, 11) is 1.44. The van der Waals surface area contributed by atoms with E-state index in [1.807, 2.05) is 5.01 Å². The Kier molecular flexibility index (Phi) is 14.7. The van der Waals surface area contributed by atoms with E-state index in [0.29, 0.717) is 19.0 Å². The molecule has 64 heavy (non-hydrogen) atoms. The van der Waals surface area contributed by atoms with Gasteiger partial charge in [0.15, 0.2) is 5.75 Å². The molecule has 2 fully saturated rings. The molecule has 5 aliphatic rings. The highest BCUT2D eigenvalue weighted by Crippen LogP contribution is 2.55. The summed E-state index contributed by atoms with van der Waals surface area (Å²) in [5.41, 5.74) is -0.284. The lowest BCUT2D eigenvalue weighted by atomic mass is 9.78. The number of aliphatic hydroxyl groups is 2. The second-order valence-electron chi connectivity index (χ2n) is 18.3. The van der Waals surface area contributed by atoms with Crippen LogP contribution in [0.3, 0.4) is 0 Å². The molecule has 0 saturated carbocycles. The maximum atomic E-state index is 14.6. The third-order valence-corrected chi connectivity index (χ3v) is 13.9. The van der Waals surface area contributed by atoms with E-state index >= 15 is 0 Å². The number of benzene rings is 2. The first-order chi connectivity index (χ1) is 30.2. The third-order valence-electron chi connectivity index (χ3n) is 13.9. The van der Waals surface area contributed by atoms with Gasteiger partial charge in [-0.15, -0.1) is 0 Å². The largest absolute Gasteiger partial charge is 0.507 e. The van der Waals surface area contributed by atoms with Crippen LogP contribution in [-0.4, -0.2) is 129 Å². The number of Topliss-reactive ketones (excluding diaryl/α,β-unsaturated/α-hetero) is 1. The summed E-state index contributed by atoms with van der Waals surface area (Å²) in [5.74, 6) is -7.62. The van der Waals surface area contributed by atoms with Gasteiger partial charge in [0.1, 0.15) is 23.4 Å². The molecule has 5 heterocycles. The van der Waals surface area contributed by atoms with Gasteiger partial charge < -0.3 is 49.8 Å². The molecule has 11 atom stereocenters. The van der Waals surface area contributed by atoms with Crippen LogP contribution in [0, 0.1) is 36.5 Å². The lowest BCUT2D eigenvalue weighted by molar-refractivity contribution is -0.160. The second-order valence-corrected chi connectivity index (χ2v) is 18.3. The van der Waals surface area contributed by atoms with Crippen LogP contribution in [0.5, 0.6) is 23.0 Å². The Labute approximate surface area is 375 Å². The van der Waals surface area contributed by atoms with Crippen molar-refractivity contribution in [1.29, 1.82) is 0 Å². The molecule has 5 aliphatic heterocycles. The van der Waals surface area contributed by atoms with Gasteiger partial charge in [-0.25, -0.2) is 0 Å². The summed E-state index contributed by atoms with van der Waals surface area (Å²) >= 11 is 0. The van der Waals surface area contributed by atoms with Crippen molar-refractivity contribution in [3.8, 4) is 23.0 Å². The summed E-state index contributed by atoms with van der Waals surface area (Å²) < 4.78 is 23.8. The molecule has 350 valence electrons. The molecule has 7 rings (SSSR count). The molecule has 2 saturated heterocycles. The number of nitrogens with one attached hydrogen (secondary N) is 1. The Morgan fingerprint density at radius 2 is 1.69 bits per heavy atom. The second kappa shape index (κ2) is 19.5. The zero-order chi connectivity index (χ0) is 46.9. The lowest BCUT2D eigenvalue weighted by Gasteiger charge is -2.45. The number of ether oxygens (including phenoxy) is 4. The fourth-order valence-corrected chi connectivity index (χ4v) is 9.69. The first-order valence-corrected chi connectivity index (χ1v) is 22.3. The zero-order valence-corrected chi connectivity index (χ0v) is 38.6. The zero-order valence-electron chi connectivity index (χ0n) is 38.6. The van der Waals surface area contributed by atoms with Gasteiger partial charge in [-0.2, -0.15) is 5.10 Å². The first kappa shape index (κ1) is 48.3. The quantitative estimate of drug-likeness (QED) is 0.0893. The van der Waals surface area contributed by atoms with Gasteiger partial charge in [0.25, 0.3) is 11.7 Å². The smallest absolute Gasteiger partial charge is 0.312 e. The van der Waals surface area contributed by atoms with Crippen LogP contribution in [0.25, 0.3) is 10.8 Å². The predicted molar refractivity (Wildman–Crippen MR) is 241 cm³/mol. The molecule has 0 aliphatic carbocycles. The van der Waals surface area contributed by atoms with Crippen molar-refractivity contribution in [3.63, 3.8) is 0 Å². The lowest BCUT2D eigenvalue weighted by Crippen LogP contribution is -2.55. The van der Waals surface area contributed by atoms with Crippen molar-refractivity contribution in [2.24, 2.45) is 34.7 Å². The summed E-state index contributed by atoms with van der Waals surface area (Å²) in [5, 5.41) is 67.8. The molecule has 0 aromatic heterocycles. The van der Waals surface area contributed by atoms with Crippen molar-refractivity contribution in [2.45, 2.75) is 118 Å². The number of carbonyl (C=O) groups excluding carboxylic acids is 3. The van der Waals surface area contributed by atoms with Gasteiger partial charge in [-0.1, -0.05) is 59.3 Å². The van der Waals surface area contributed by atoms with E-state index in [1.165, 1.54) is 52.5 Å². The van der Waals surface area contributed by atoms with Crippen LogP contribution in [0.2, 0.25) is 0 Å².